The van der Waals surface area contributed by atoms with Gasteiger partial charge in [-0.05, 0) is 37.3 Å². The molecular weight excluding hydrogens is 404 g/mol. The maximum Gasteiger partial charge on any atom is 0.259 e. The van der Waals surface area contributed by atoms with Gasteiger partial charge in [0.2, 0.25) is 0 Å². The van der Waals surface area contributed by atoms with Crippen LogP contribution in [0, 0.1) is 6.92 Å². The van der Waals surface area contributed by atoms with Crippen LogP contribution in [0.2, 0.25) is 5.02 Å². The molecule has 0 N–H and O–H groups in total. The third kappa shape index (κ3) is 4.21. The lowest BCUT2D eigenvalue weighted by atomic mass is 10.1. The van der Waals surface area contributed by atoms with Crippen molar-refractivity contribution in [1.29, 1.82) is 0 Å². The molecule has 1 heterocycles. The summed E-state index contributed by atoms with van der Waals surface area (Å²) in [7, 11) is -1.74. The quantitative estimate of drug-likeness (QED) is 0.625. The largest absolute Gasteiger partial charge is 0.311 e. The van der Waals surface area contributed by atoms with Crippen LogP contribution in [0.5, 0.6) is 0 Å². The molecule has 0 radical (unpaired) electrons. The maximum absolute atomic E-state index is 12.8. The van der Waals surface area contributed by atoms with Gasteiger partial charge in [0.15, 0.2) is 9.84 Å². The van der Waals surface area contributed by atoms with Crippen LogP contribution < -0.4 is 4.90 Å². The van der Waals surface area contributed by atoms with Crippen LogP contribution in [-0.4, -0.2) is 32.6 Å². The summed E-state index contributed by atoms with van der Waals surface area (Å²) in [6.45, 7) is 1.95. The fourth-order valence-corrected chi connectivity index (χ4v) is 4.14. The first-order valence-electron chi connectivity index (χ1n) is 7.97. The molecule has 0 saturated heterocycles. The predicted octanol–water partition coefficient (Wildman–Crippen LogP) is 4.45. The lowest BCUT2D eigenvalue weighted by Gasteiger charge is -2.18. The number of carbonyl (C=O) groups excluding carboxylic acids is 1. The maximum atomic E-state index is 12.8. The fourth-order valence-electron chi connectivity index (χ4n) is 2.55. The van der Waals surface area contributed by atoms with Crippen LogP contribution in [0.15, 0.2) is 52.7 Å². The van der Waals surface area contributed by atoms with E-state index in [4.69, 9.17) is 11.6 Å². The molecule has 0 aliphatic rings. The summed E-state index contributed by atoms with van der Waals surface area (Å²) in [5.41, 5.74) is 2.81. The topological polar surface area (TPSA) is 67.3 Å². The highest BCUT2D eigenvalue weighted by molar-refractivity contribution is 7.90. The molecule has 5 nitrogen and oxygen atoms in total. The number of amides is 1. The van der Waals surface area contributed by atoms with E-state index in [0.29, 0.717) is 5.69 Å². The van der Waals surface area contributed by atoms with Crippen molar-refractivity contribution in [1.82, 2.24) is 4.98 Å². The van der Waals surface area contributed by atoms with E-state index in [1.165, 1.54) is 23.1 Å². The highest BCUT2D eigenvalue weighted by atomic mass is 35.5. The minimum Gasteiger partial charge on any atom is -0.311 e. The van der Waals surface area contributed by atoms with Crippen LogP contribution in [0.4, 0.5) is 5.69 Å². The molecule has 0 unspecified atom stereocenters. The van der Waals surface area contributed by atoms with Crippen molar-refractivity contribution in [2.75, 3.05) is 18.2 Å². The Bertz CT molecular complexity index is 1110. The summed E-state index contributed by atoms with van der Waals surface area (Å²) in [6, 6.07) is 11.6. The second kappa shape index (κ2) is 7.42. The van der Waals surface area contributed by atoms with Crippen LogP contribution in [-0.2, 0) is 9.84 Å². The van der Waals surface area contributed by atoms with E-state index in [9.17, 15) is 13.2 Å². The Morgan fingerprint density at radius 2 is 1.81 bits per heavy atom. The van der Waals surface area contributed by atoms with Crippen LogP contribution in [0.25, 0.3) is 11.3 Å². The van der Waals surface area contributed by atoms with Crippen molar-refractivity contribution in [3.05, 3.63) is 63.4 Å². The number of halogens is 1. The second-order valence-electron chi connectivity index (χ2n) is 6.08. The first-order chi connectivity index (χ1) is 12.7. The number of sulfone groups is 1. The molecule has 0 aliphatic carbocycles. The van der Waals surface area contributed by atoms with Crippen molar-refractivity contribution in [3.8, 4) is 11.3 Å². The Labute approximate surface area is 167 Å². The van der Waals surface area contributed by atoms with Gasteiger partial charge < -0.3 is 4.90 Å². The van der Waals surface area contributed by atoms with E-state index >= 15 is 0 Å². The summed E-state index contributed by atoms with van der Waals surface area (Å²) in [5.74, 6) is -0.322. The van der Waals surface area contributed by atoms with Gasteiger partial charge in [0.05, 0.1) is 26.2 Å². The molecule has 0 spiro atoms. The average Bonchev–Trinajstić information content (AvgIpc) is 3.06. The molecule has 3 rings (SSSR count). The number of hydrogen-bond donors (Lipinski definition) is 0. The zero-order chi connectivity index (χ0) is 19.8. The summed E-state index contributed by atoms with van der Waals surface area (Å²) >= 11 is 7.73. The van der Waals surface area contributed by atoms with Crippen LogP contribution in [0.1, 0.15) is 15.4 Å². The van der Waals surface area contributed by atoms with E-state index in [-0.39, 0.29) is 21.4 Å². The van der Waals surface area contributed by atoms with Gasteiger partial charge in [0.25, 0.3) is 5.91 Å². The van der Waals surface area contributed by atoms with E-state index in [1.807, 2.05) is 36.6 Å². The first-order valence-corrected chi connectivity index (χ1v) is 11.1. The molecule has 0 fully saturated rings. The summed E-state index contributed by atoms with van der Waals surface area (Å²) in [4.78, 5) is 18.8. The number of carbonyl (C=O) groups is 1. The normalized spacial score (nSPS) is 11.4. The summed E-state index contributed by atoms with van der Waals surface area (Å²) in [6.07, 6.45) is 1.09. The van der Waals surface area contributed by atoms with E-state index in [2.05, 4.69) is 4.98 Å². The molecule has 0 saturated carbocycles. The molecule has 140 valence electrons. The summed E-state index contributed by atoms with van der Waals surface area (Å²) < 4.78 is 23.2. The lowest BCUT2D eigenvalue weighted by Crippen LogP contribution is -2.26. The summed E-state index contributed by atoms with van der Waals surface area (Å²) in [5, 5.41) is 3.08. The molecule has 3 aromatic rings. The number of aromatic nitrogens is 1. The lowest BCUT2D eigenvalue weighted by molar-refractivity contribution is 0.0993. The molecule has 27 heavy (non-hydrogen) atoms. The molecule has 0 atom stereocenters. The Balaban J connectivity index is 1.85. The Kier molecular flexibility index (Phi) is 5.37. The van der Waals surface area contributed by atoms with Crippen molar-refractivity contribution in [3.63, 3.8) is 0 Å². The Hall–Kier alpha value is -2.22. The average molecular weight is 421 g/mol. The number of thiazole rings is 1. The highest BCUT2D eigenvalue weighted by Crippen LogP contribution is 2.27. The van der Waals surface area contributed by atoms with Crippen molar-refractivity contribution < 1.29 is 13.2 Å². The standard InChI is InChI=1S/C19H17ClN2O3S2/c1-12-21-18(11-26-12)13-4-6-14(7-5-13)22(2)19(23)16-9-8-15(10-17(16)20)27(3,24)25/h4-11H,1-3H3. The molecular formula is C19H17ClN2O3S2. The number of hydrogen-bond acceptors (Lipinski definition) is 5. The van der Waals surface area contributed by atoms with Crippen LogP contribution >= 0.6 is 22.9 Å². The predicted molar refractivity (Wildman–Crippen MR) is 110 cm³/mol. The second-order valence-corrected chi connectivity index (χ2v) is 9.56. The monoisotopic (exact) mass is 420 g/mol. The minimum atomic E-state index is -3.38. The number of aryl methyl sites for hydroxylation is 1. The van der Waals surface area contributed by atoms with E-state index < -0.39 is 9.84 Å². The zero-order valence-corrected chi connectivity index (χ0v) is 17.3. The number of anilines is 1. The molecule has 2 aromatic carbocycles. The minimum absolute atomic E-state index is 0.0783. The first kappa shape index (κ1) is 19.5. The van der Waals surface area contributed by atoms with Gasteiger partial charge in [-0.15, -0.1) is 11.3 Å². The van der Waals surface area contributed by atoms with Gasteiger partial charge in [-0.25, -0.2) is 13.4 Å². The SMILES string of the molecule is Cc1nc(-c2ccc(N(C)C(=O)c3ccc(S(C)(=O)=O)cc3Cl)cc2)cs1. The molecule has 1 aromatic heterocycles. The molecule has 1 amide bonds. The van der Waals surface area contributed by atoms with Crippen LogP contribution in [0.3, 0.4) is 0 Å². The Morgan fingerprint density at radius 1 is 1.15 bits per heavy atom. The molecule has 0 bridgehead atoms. The number of rotatable bonds is 4. The van der Waals surface area contributed by atoms with Gasteiger partial charge in [-0.1, -0.05) is 23.7 Å². The van der Waals surface area contributed by atoms with Gasteiger partial charge in [0, 0.05) is 29.9 Å². The molecule has 8 heteroatoms. The third-order valence-electron chi connectivity index (χ3n) is 4.07. The van der Waals surface area contributed by atoms with Gasteiger partial charge in [-0.2, -0.15) is 0 Å². The smallest absolute Gasteiger partial charge is 0.259 e. The third-order valence-corrected chi connectivity index (χ3v) is 6.27. The fraction of sp³-hybridized carbons (Fsp3) is 0.158. The van der Waals surface area contributed by atoms with Gasteiger partial charge in [0.1, 0.15) is 0 Å². The highest BCUT2D eigenvalue weighted by Gasteiger charge is 2.19. The molecule has 0 aliphatic heterocycles. The van der Waals surface area contributed by atoms with Gasteiger partial charge in [-0.3, -0.25) is 4.79 Å². The van der Waals surface area contributed by atoms with E-state index in [1.54, 1.807) is 18.4 Å². The number of benzene rings is 2. The van der Waals surface area contributed by atoms with Crippen molar-refractivity contribution >= 4 is 44.4 Å². The zero-order valence-electron chi connectivity index (χ0n) is 14.9. The Morgan fingerprint density at radius 3 is 2.33 bits per heavy atom. The van der Waals surface area contributed by atoms with Crippen molar-refractivity contribution in [2.45, 2.75) is 11.8 Å². The van der Waals surface area contributed by atoms with Gasteiger partial charge >= 0.3 is 0 Å². The van der Waals surface area contributed by atoms with E-state index in [0.717, 1.165) is 22.5 Å². The number of nitrogens with zero attached hydrogens (tertiary/aromatic N) is 2. The van der Waals surface area contributed by atoms with Crippen molar-refractivity contribution in [2.24, 2.45) is 0 Å².